The first kappa shape index (κ1) is 18.4. The van der Waals surface area contributed by atoms with E-state index in [0.29, 0.717) is 18.1 Å². The monoisotopic (exact) mass is 388 g/mol. The lowest BCUT2D eigenvalue weighted by atomic mass is 10.1. The molecule has 0 N–H and O–H groups in total. The standard InChI is InChI=1S/C19H19F3N6/c20-15-3-1-14(2-4-15)16-5-6-17(25-24-16)27-11-9-26(10-12-27)13-18-23-7-8-28(18)19(21)22/h1-8,19H,9-13H2. The van der Waals surface area contributed by atoms with Gasteiger partial charge in [-0.3, -0.25) is 9.47 Å². The highest BCUT2D eigenvalue weighted by Crippen LogP contribution is 2.20. The van der Waals surface area contributed by atoms with Crippen LogP contribution in [0.1, 0.15) is 12.4 Å². The quantitative estimate of drug-likeness (QED) is 0.672. The second-order valence-corrected chi connectivity index (χ2v) is 6.58. The molecule has 2 aromatic heterocycles. The summed E-state index contributed by atoms with van der Waals surface area (Å²) in [6, 6.07) is 9.88. The Morgan fingerprint density at radius 2 is 1.68 bits per heavy atom. The number of rotatable bonds is 5. The van der Waals surface area contributed by atoms with Gasteiger partial charge in [0.1, 0.15) is 11.6 Å². The fraction of sp³-hybridized carbons (Fsp3) is 0.316. The van der Waals surface area contributed by atoms with Crippen molar-refractivity contribution in [2.24, 2.45) is 0 Å². The normalized spacial score (nSPS) is 15.4. The number of hydrogen-bond acceptors (Lipinski definition) is 5. The minimum Gasteiger partial charge on any atom is -0.353 e. The van der Waals surface area contributed by atoms with Gasteiger partial charge in [0.05, 0.1) is 12.2 Å². The van der Waals surface area contributed by atoms with Crippen LogP contribution >= 0.6 is 0 Å². The summed E-state index contributed by atoms with van der Waals surface area (Å²) in [5.74, 6) is 0.841. The van der Waals surface area contributed by atoms with E-state index in [0.717, 1.165) is 42.1 Å². The second-order valence-electron chi connectivity index (χ2n) is 6.58. The fourth-order valence-electron chi connectivity index (χ4n) is 3.25. The maximum atomic E-state index is 13.0. The predicted molar refractivity (Wildman–Crippen MR) is 98.4 cm³/mol. The van der Waals surface area contributed by atoms with Crippen LogP contribution < -0.4 is 4.90 Å². The van der Waals surface area contributed by atoms with Crippen molar-refractivity contribution in [3.05, 3.63) is 60.4 Å². The predicted octanol–water partition coefficient (Wildman–Crippen LogP) is 3.20. The van der Waals surface area contributed by atoms with Gasteiger partial charge in [0.15, 0.2) is 5.82 Å². The van der Waals surface area contributed by atoms with Crippen LogP contribution in [0.3, 0.4) is 0 Å². The second kappa shape index (κ2) is 7.97. The maximum Gasteiger partial charge on any atom is 0.319 e. The molecule has 9 heteroatoms. The van der Waals surface area contributed by atoms with Gasteiger partial charge in [-0.15, -0.1) is 10.2 Å². The summed E-state index contributed by atoms with van der Waals surface area (Å²) in [6.45, 7) is 0.698. The zero-order valence-corrected chi connectivity index (χ0v) is 15.0. The molecule has 0 bridgehead atoms. The smallest absolute Gasteiger partial charge is 0.319 e. The molecule has 3 heterocycles. The van der Waals surface area contributed by atoms with Crippen LogP contribution in [0.2, 0.25) is 0 Å². The molecule has 1 aromatic carbocycles. The Labute approximate surface area is 160 Å². The molecule has 0 aliphatic carbocycles. The van der Waals surface area contributed by atoms with Gasteiger partial charge in [-0.1, -0.05) is 0 Å². The molecular formula is C19H19F3N6. The van der Waals surface area contributed by atoms with Crippen molar-refractivity contribution in [3.8, 4) is 11.3 Å². The molecule has 0 spiro atoms. The average molecular weight is 388 g/mol. The highest BCUT2D eigenvalue weighted by Gasteiger charge is 2.21. The van der Waals surface area contributed by atoms with Crippen LogP contribution in [-0.2, 0) is 6.54 Å². The van der Waals surface area contributed by atoms with Crippen molar-refractivity contribution in [3.63, 3.8) is 0 Å². The maximum absolute atomic E-state index is 13.0. The third kappa shape index (κ3) is 3.99. The van der Waals surface area contributed by atoms with E-state index < -0.39 is 6.55 Å². The van der Waals surface area contributed by atoms with Crippen LogP contribution in [-0.4, -0.2) is 50.8 Å². The zero-order chi connectivity index (χ0) is 19.5. The van der Waals surface area contributed by atoms with Crippen molar-refractivity contribution in [2.75, 3.05) is 31.1 Å². The number of imidazole rings is 1. The van der Waals surface area contributed by atoms with E-state index in [9.17, 15) is 13.2 Å². The molecule has 146 valence electrons. The van der Waals surface area contributed by atoms with Gasteiger partial charge in [0.2, 0.25) is 0 Å². The van der Waals surface area contributed by atoms with Crippen LogP contribution in [0.4, 0.5) is 19.0 Å². The summed E-state index contributed by atoms with van der Waals surface area (Å²) in [5.41, 5.74) is 1.49. The van der Waals surface area contributed by atoms with Gasteiger partial charge in [-0.25, -0.2) is 9.37 Å². The number of nitrogens with zero attached hydrogens (tertiary/aromatic N) is 6. The lowest BCUT2D eigenvalue weighted by molar-refractivity contribution is 0.0636. The molecule has 1 fully saturated rings. The van der Waals surface area contributed by atoms with E-state index in [1.807, 2.05) is 12.1 Å². The Bertz CT molecular complexity index is 902. The number of aromatic nitrogens is 4. The van der Waals surface area contributed by atoms with Crippen LogP contribution in [0, 0.1) is 5.82 Å². The van der Waals surface area contributed by atoms with E-state index in [-0.39, 0.29) is 5.82 Å². The first-order valence-corrected chi connectivity index (χ1v) is 8.97. The molecule has 4 rings (SSSR count). The third-order valence-corrected chi connectivity index (χ3v) is 4.81. The number of piperazine rings is 1. The number of alkyl halides is 2. The molecule has 1 aliphatic heterocycles. The molecule has 6 nitrogen and oxygen atoms in total. The van der Waals surface area contributed by atoms with Gasteiger partial charge >= 0.3 is 6.55 Å². The lowest BCUT2D eigenvalue weighted by Crippen LogP contribution is -2.46. The SMILES string of the molecule is Fc1ccc(-c2ccc(N3CCN(Cc4nccn4C(F)F)CC3)nn2)cc1. The summed E-state index contributed by atoms with van der Waals surface area (Å²) in [4.78, 5) is 8.24. The van der Waals surface area contributed by atoms with Gasteiger partial charge in [-0.05, 0) is 36.4 Å². The van der Waals surface area contributed by atoms with E-state index in [1.54, 1.807) is 12.1 Å². The molecular weight excluding hydrogens is 369 g/mol. The van der Waals surface area contributed by atoms with Gasteiger partial charge in [0, 0.05) is 44.1 Å². The molecule has 0 radical (unpaired) electrons. The van der Waals surface area contributed by atoms with Crippen molar-refractivity contribution >= 4 is 5.82 Å². The van der Waals surface area contributed by atoms with Crippen LogP contribution in [0.5, 0.6) is 0 Å². The Morgan fingerprint density at radius 3 is 2.32 bits per heavy atom. The van der Waals surface area contributed by atoms with Gasteiger partial charge < -0.3 is 4.90 Å². The van der Waals surface area contributed by atoms with Crippen LogP contribution in [0.15, 0.2) is 48.8 Å². The van der Waals surface area contributed by atoms with Crippen molar-refractivity contribution in [1.82, 2.24) is 24.6 Å². The fourth-order valence-corrected chi connectivity index (χ4v) is 3.25. The van der Waals surface area contributed by atoms with Crippen molar-refractivity contribution < 1.29 is 13.2 Å². The molecule has 3 aromatic rings. The largest absolute Gasteiger partial charge is 0.353 e. The molecule has 1 aliphatic rings. The first-order valence-electron chi connectivity index (χ1n) is 8.97. The minimum atomic E-state index is -2.58. The number of halogens is 3. The highest BCUT2D eigenvalue weighted by molar-refractivity contribution is 5.59. The molecule has 1 saturated heterocycles. The summed E-state index contributed by atoms with van der Waals surface area (Å²) in [7, 11) is 0. The van der Waals surface area contributed by atoms with Crippen LogP contribution in [0.25, 0.3) is 11.3 Å². The van der Waals surface area contributed by atoms with Gasteiger partial charge in [0.25, 0.3) is 0 Å². The van der Waals surface area contributed by atoms with Crippen molar-refractivity contribution in [2.45, 2.75) is 13.1 Å². The van der Waals surface area contributed by atoms with E-state index in [1.165, 1.54) is 24.5 Å². The molecule has 0 amide bonds. The first-order chi connectivity index (χ1) is 13.6. The summed E-state index contributed by atoms with van der Waals surface area (Å²) >= 11 is 0. The Balaban J connectivity index is 1.36. The Morgan fingerprint density at radius 1 is 0.929 bits per heavy atom. The third-order valence-electron chi connectivity index (χ3n) is 4.81. The Kier molecular flexibility index (Phi) is 5.25. The van der Waals surface area contributed by atoms with E-state index in [2.05, 4.69) is 25.0 Å². The number of anilines is 1. The zero-order valence-electron chi connectivity index (χ0n) is 15.0. The summed E-state index contributed by atoms with van der Waals surface area (Å²) < 4.78 is 39.8. The molecule has 0 atom stereocenters. The molecule has 0 saturated carbocycles. The summed E-state index contributed by atoms with van der Waals surface area (Å²) in [5, 5.41) is 8.53. The van der Waals surface area contributed by atoms with E-state index in [4.69, 9.17) is 0 Å². The topological polar surface area (TPSA) is 50.1 Å². The van der Waals surface area contributed by atoms with E-state index >= 15 is 0 Å². The molecule has 0 unspecified atom stereocenters. The number of benzene rings is 1. The number of hydrogen-bond donors (Lipinski definition) is 0. The summed E-state index contributed by atoms with van der Waals surface area (Å²) in [6.07, 6.45) is 2.70. The minimum absolute atomic E-state index is 0.290. The average Bonchev–Trinajstić information content (AvgIpc) is 3.18. The highest BCUT2D eigenvalue weighted by atomic mass is 19.3. The lowest BCUT2D eigenvalue weighted by Gasteiger charge is -2.35. The Hall–Kier alpha value is -2.94. The van der Waals surface area contributed by atoms with Gasteiger partial charge in [-0.2, -0.15) is 8.78 Å². The van der Waals surface area contributed by atoms with Crippen molar-refractivity contribution in [1.29, 1.82) is 0 Å². The molecule has 28 heavy (non-hydrogen) atoms.